The fraction of sp³-hybridized carbons (Fsp3) is 0.727. The standard InChI is InChI=1S/C33H55ClO2/c1-3-5-7-9-11-13-15-16-18-20-25-32(28-27-30-23-22-24-31(34)29-30)36-33(35)26-21-19-17-14-12-10-8-6-4-2/h22-24,27-29,32H,3-21,25-26H2,1-2H3/b28-27+/t32-/m0/s1. The number of carbonyl (C=O) groups is 1. The molecule has 1 rings (SSSR count). The third-order valence-electron chi connectivity index (χ3n) is 6.96. The molecule has 0 spiro atoms. The van der Waals surface area contributed by atoms with Crippen LogP contribution in [0.15, 0.2) is 30.3 Å². The Morgan fingerprint density at radius 2 is 1.25 bits per heavy atom. The molecule has 1 aromatic rings. The van der Waals surface area contributed by atoms with Crippen molar-refractivity contribution in [1.29, 1.82) is 0 Å². The van der Waals surface area contributed by atoms with Crippen LogP contribution in [0.3, 0.4) is 0 Å². The van der Waals surface area contributed by atoms with Crippen LogP contribution < -0.4 is 0 Å². The minimum atomic E-state index is -0.149. The summed E-state index contributed by atoms with van der Waals surface area (Å²) >= 11 is 6.13. The van der Waals surface area contributed by atoms with E-state index in [0.29, 0.717) is 6.42 Å². The highest BCUT2D eigenvalue weighted by atomic mass is 35.5. The lowest BCUT2D eigenvalue weighted by Gasteiger charge is -2.15. The maximum atomic E-state index is 12.5. The van der Waals surface area contributed by atoms with Gasteiger partial charge in [0.2, 0.25) is 0 Å². The molecule has 36 heavy (non-hydrogen) atoms. The van der Waals surface area contributed by atoms with Gasteiger partial charge in [0.25, 0.3) is 0 Å². The molecule has 1 atom stereocenters. The molecule has 0 saturated heterocycles. The van der Waals surface area contributed by atoms with Gasteiger partial charge in [0.15, 0.2) is 0 Å². The molecule has 1 aromatic carbocycles. The number of rotatable bonds is 24. The average molecular weight is 519 g/mol. The summed E-state index contributed by atoms with van der Waals surface area (Å²) in [5.41, 5.74) is 1.05. The van der Waals surface area contributed by atoms with E-state index < -0.39 is 0 Å². The smallest absolute Gasteiger partial charge is 0.306 e. The molecule has 0 N–H and O–H groups in total. The summed E-state index contributed by atoms with van der Waals surface area (Å²) in [7, 11) is 0. The topological polar surface area (TPSA) is 26.3 Å². The van der Waals surface area contributed by atoms with Crippen LogP contribution in [0, 0.1) is 0 Å². The van der Waals surface area contributed by atoms with E-state index in [9.17, 15) is 4.79 Å². The van der Waals surface area contributed by atoms with Crippen LogP contribution in [0.1, 0.15) is 154 Å². The fourth-order valence-electron chi connectivity index (χ4n) is 4.66. The number of unbranched alkanes of at least 4 members (excludes halogenated alkanes) is 17. The van der Waals surface area contributed by atoms with Crippen LogP contribution in [-0.4, -0.2) is 12.1 Å². The van der Waals surface area contributed by atoms with E-state index in [1.165, 1.54) is 103 Å². The summed E-state index contributed by atoms with van der Waals surface area (Å²) in [5, 5.41) is 0.728. The molecular formula is C33H55ClO2. The van der Waals surface area contributed by atoms with Gasteiger partial charge in [0, 0.05) is 11.4 Å². The Balaban J connectivity index is 2.31. The highest BCUT2D eigenvalue weighted by molar-refractivity contribution is 6.30. The van der Waals surface area contributed by atoms with Crippen LogP contribution in [0.4, 0.5) is 0 Å². The predicted molar refractivity (Wildman–Crippen MR) is 159 cm³/mol. The molecule has 0 aromatic heterocycles. The first-order valence-corrected chi connectivity index (χ1v) is 15.7. The molecule has 0 saturated carbocycles. The van der Waals surface area contributed by atoms with Crippen molar-refractivity contribution in [2.24, 2.45) is 0 Å². The molecule has 0 bridgehead atoms. The highest BCUT2D eigenvalue weighted by Gasteiger charge is 2.11. The van der Waals surface area contributed by atoms with Crippen molar-refractivity contribution in [3.8, 4) is 0 Å². The number of hydrogen-bond donors (Lipinski definition) is 0. The Morgan fingerprint density at radius 3 is 1.78 bits per heavy atom. The van der Waals surface area contributed by atoms with Gasteiger partial charge in [-0.15, -0.1) is 0 Å². The maximum absolute atomic E-state index is 12.5. The molecule has 0 aliphatic carbocycles. The van der Waals surface area contributed by atoms with E-state index in [1.807, 2.05) is 36.4 Å². The van der Waals surface area contributed by atoms with Crippen molar-refractivity contribution in [3.63, 3.8) is 0 Å². The van der Waals surface area contributed by atoms with Gasteiger partial charge in [-0.2, -0.15) is 0 Å². The lowest BCUT2D eigenvalue weighted by molar-refractivity contribution is -0.147. The summed E-state index contributed by atoms with van der Waals surface area (Å²) < 4.78 is 5.90. The molecule has 0 aliphatic heterocycles. The normalized spacial score (nSPS) is 12.3. The minimum Gasteiger partial charge on any atom is -0.458 e. The van der Waals surface area contributed by atoms with E-state index >= 15 is 0 Å². The quantitative estimate of drug-likeness (QED) is 0.100. The van der Waals surface area contributed by atoms with Gasteiger partial charge in [-0.1, -0.05) is 153 Å². The monoisotopic (exact) mass is 518 g/mol. The Hall–Kier alpha value is -1.28. The lowest BCUT2D eigenvalue weighted by atomic mass is 10.0. The Labute approximate surface area is 228 Å². The first-order chi connectivity index (χ1) is 17.7. The highest BCUT2D eigenvalue weighted by Crippen LogP contribution is 2.17. The first kappa shape index (κ1) is 32.7. The van der Waals surface area contributed by atoms with Gasteiger partial charge in [-0.25, -0.2) is 0 Å². The van der Waals surface area contributed by atoms with Crippen molar-refractivity contribution in [3.05, 3.63) is 40.9 Å². The molecule has 3 heteroatoms. The third kappa shape index (κ3) is 19.9. The van der Waals surface area contributed by atoms with Crippen LogP contribution in [0.5, 0.6) is 0 Å². The van der Waals surface area contributed by atoms with Crippen molar-refractivity contribution in [2.75, 3.05) is 0 Å². The summed E-state index contributed by atoms with van der Waals surface area (Å²) in [5.74, 6) is -0.0502. The number of hydrogen-bond acceptors (Lipinski definition) is 2. The largest absolute Gasteiger partial charge is 0.458 e. The van der Waals surface area contributed by atoms with Crippen LogP contribution >= 0.6 is 11.6 Å². The first-order valence-electron chi connectivity index (χ1n) is 15.3. The average Bonchev–Trinajstić information content (AvgIpc) is 2.87. The van der Waals surface area contributed by atoms with E-state index in [4.69, 9.17) is 16.3 Å². The SMILES string of the molecule is CCCCCCCCCCCC[C@@H](/C=C/c1cccc(Cl)c1)OC(=O)CCCCCCCCCCC. The van der Waals surface area contributed by atoms with Crippen LogP contribution in [-0.2, 0) is 9.53 Å². The summed E-state index contributed by atoms with van der Waals surface area (Å²) in [6.45, 7) is 4.53. The van der Waals surface area contributed by atoms with Crippen molar-refractivity contribution in [1.82, 2.24) is 0 Å². The molecule has 0 unspecified atom stereocenters. The van der Waals surface area contributed by atoms with Crippen molar-refractivity contribution in [2.45, 2.75) is 155 Å². The molecule has 2 nitrogen and oxygen atoms in total. The predicted octanol–water partition coefficient (Wildman–Crippen LogP) is 11.5. The Bertz CT molecular complexity index is 669. The van der Waals surface area contributed by atoms with Gasteiger partial charge in [0.1, 0.15) is 6.10 Å². The lowest BCUT2D eigenvalue weighted by Crippen LogP contribution is -2.16. The van der Waals surface area contributed by atoms with Crippen LogP contribution in [0.2, 0.25) is 5.02 Å². The van der Waals surface area contributed by atoms with Gasteiger partial charge in [-0.05, 0) is 43.0 Å². The Morgan fingerprint density at radius 1 is 0.750 bits per heavy atom. The van der Waals surface area contributed by atoms with E-state index in [0.717, 1.165) is 36.3 Å². The van der Waals surface area contributed by atoms with Gasteiger partial charge in [-0.3, -0.25) is 4.79 Å². The van der Waals surface area contributed by atoms with Crippen LogP contribution in [0.25, 0.3) is 6.08 Å². The summed E-state index contributed by atoms with van der Waals surface area (Å²) in [6.07, 6.45) is 29.8. The zero-order chi connectivity index (χ0) is 26.1. The maximum Gasteiger partial charge on any atom is 0.306 e. The van der Waals surface area contributed by atoms with E-state index in [1.54, 1.807) is 0 Å². The van der Waals surface area contributed by atoms with E-state index in [2.05, 4.69) is 13.8 Å². The molecule has 0 radical (unpaired) electrons. The number of esters is 1. The molecule has 206 valence electrons. The van der Waals surface area contributed by atoms with Crippen molar-refractivity contribution < 1.29 is 9.53 Å². The van der Waals surface area contributed by atoms with E-state index in [-0.39, 0.29) is 12.1 Å². The molecule has 0 aliphatic rings. The number of benzene rings is 1. The number of ether oxygens (including phenoxy) is 1. The fourth-order valence-corrected chi connectivity index (χ4v) is 4.86. The molecule has 0 heterocycles. The molecule has 0 amide bonds. The third-order valence-corrected chi connectivity index (χ3v) is 7.20. The van der Waals surface area contributed by atoms with Crippen molar-refractivity contribution >= 4 is 23.6 Å². The summed E-state index contributed by atoms with van der Waals surface area (Å²) in [6, 6.07) is 7.81. The number of halogens is 1. The molecule has 0 fully saturated rings. The second-order valence-electron chi connectivity index (χ2n) is 10.5. The van der Waals surface area contributed by atoms with Gasteiger partial charge in [0.05, 0.1) is 0 Å². The zero-order valence-corrected chi connectivity index (χ0v) is 24.3. The van der Waals surface area contributed by atoms with Gasteiger partial charge >= 0.3 is 5.97 Å². The number of carbonyl (C=O) groups excluding carboxylic acids is 1. The second kappa shape index (κ2) is 24.1. The Kier molecular flexibility index (Phi) is 21.9. The zero-order valence-electron chi connectivity index (χ0n) is 23.6. The minimum absolute atomic E-state index is 0.0502. The second-order valence-corrected chi connectivity index (χ2v) is 10.9. The molecular weight excluding hydrogens is 464 g/mol. The summed E-state index contributed by atoms with van der Waals surface area (Å²) in [4.78, 5) is 12.5. The van der Waals surface area contributed by atoms with Gasteiger partial charge < -0.3 is 4.74 Å².